The molecule has 0 radical (unpaired) electrons. The smallest absolute Gasteiger partial charge is 0.235 e. The molecule has 2 aromatic rings. The zero-order valence-electron chi connectivity index (χ0n) is 7.96. The van der Waals surface area contributed by atoms with Gasteiger partial charge in [0.05, 0.1) is 11.7 Å². The fourth-order valence-corrected chi connectivity index (χ4v) is 1.52. The van der Waals surface area contributed by atoms with E-state index >= 15 is 0 Å². The second-order valence-electron chi connectivity index (χ2n) is 3.16. The summed E-state index contributed by atoms with van der Waals surface area (Å²) in [4.78, 5) is 11.0. The number of rotatable bonds is 3. The molecule has 0 aliphatic carbocycles. The normalized spacial score (nSPS) is 10.5. The third-order valence-electron chi connectivity index (χ3n) is 2.17. The molecule has 2 N–H and O–H groups in total. The summed E-state index contributed by atoms with van der Waals surface area (Å²) in [6.45, 7) is 0.475. The second kappa shape index (κ2) is 4.31. The van der Waals surface area contributed by atoms with Crippen molar-refractivity contribution in [2.45, 2.75) is 6.54 Å². The average molecular weight is 224 g/mol. The molecule has 0 aliphatic rings. The van der Waals surface area contributed by atoms with Crippen LogP contribution in [0.3, 0.4) is 0 Å². The zero-order chi connectivity index (χ0) is 10.7. The van der Waals surface area contributed by atoms with Gasteiger partial charge in [-0.05, 0) is 11.6 Å². The third kappa shape index (κ3) is 2.10. The Labute approximate surface area is 91.6 Å². The Morgan fingerprint density at radius 3 is 3.20 bits per heavy atom. The molecule has 15 heavy (non-hydrogen) atoms. The molecule has 0 bridgehead atoms. The van der Waals surface area contributed by atoms with Crippen LogP contribution in [-0.4, -0.2) is 22.0 Å². The molecule has 0 saturated heterocycles. The lowest BCUT2D eigenvalue weighted by Crippen LogP contribution is -2.23. The number of aromatic amines is 1. The highest BCUT2D eigenvalue weighted by molar-refractivity contribution is 6.27. The minimum absolute atomic E-state index is 0.0125. The second-order valence-corrected chi connectivity index (χ2v) is 3.43. The van der Waals surface area contributed by atoms with E-state index in [4.69, 9.17) is 11.6 Å². The first-order valence-corrected chi connectivity index (χ1v) is 5.08. The van der Waals surface area contributed by atoms with Gasteiger partial charge in [-0.25, -0.2) is 0 Å². The predicted molar refractivity (Wildman–Crippen MR) is 58.7 cm³/mol. The molecule has 1 amide bonds. The van der Waals surface area contributed by atoms with Crippen LogP contribution in [0.25, 0.3) is 10.9 Å². The fourth-order valence-electron chi connectivity index (χ4n) is 1.42. The molecule has 2 rings (SSSR count). The number of hydrogen-bond donors (Lipinski definition) is 2. The van der Waals surface area contributed by atoms with E-state index in [9.17, 15) is 4.79 Å². The zero-order valence-corrected chi connectivity index (χ0v) is 8.71. The van der Waals surface area contributed by atoms with Crippen molar-refractivity contribution < 1.29 is 4.79 Å². The van der Waals surface area contributed by atoms with E-state index in [1.165, 1.54) is 0 Å². The highest BCUT2D eigenvalue weighted by Gasteiger charge is 2.03. The quantitative estimate of drug-likeness (QED) is 0.774. The van der Waals surface area contributed by atoms with Crippen LogP contribution in [0.15, 0.2) is 24.4 Å². The minimum atomic E-state index is -0.169. The Bertz CT molecular complexity index is 480. The van der Waals surface area contributed by atoms with Crippen LogP contribution in [0.4, 0.5) is 0 Å². The van der Waals surface area contributed by atoms with Crippen LogP contribution in [0.1, 0.15) is 5.56 Å². The fraction of sp³-hybridized carbons (Fsp3) is 0.200. The number of hydrogen-bond acceptors (Lipinski definition) is 2. The highest BCUT2D eigenvalue weighted by atomic mass is 35.5. The molecule has 1 aromatic carbocycles. The van der Waals surface area contributed by atoms with Crippen molar-refractivity contribution in [3.8, 4) is 0 Å². The number of amides is 1. The summed E-state index contributed by atoms with van der Waals surface area (Å²) in [6, 6.07) is 5.81. The van der Waals surface area contributed by atoms with Crippen LogP contribution in [0.2, 0.25) is 0 Å². The van der Waals surface area contributed by atoms with Gasteiger partial charge in [0.25, 0.3) is 0 Å². The Balaban J connectivity index is 2.20. The first-order valence-electron chi connectivity index (χ1n) is 4.55. The summed E-state index contributed by atoms with van der Waals surface area (Å²) < 4.78 is 0. The number of fused-ring (bicyclic) bond motifs is 1. The van der Waals surface area contributed by atoms with E-state index in [1.807, 2.05) is 18.2 Å². The van der Waals surface area contributed by atoms with Crippen molar-refractivity contribution in [2.75, 3.05) is 5.88 Å². The van der Waals surface area contributed by atoms with Gasteiger partial charge in [-0.3, -0.25) is 9.89 Å². The number of carbonyl (C=O) groups is 1. The summed E-state index contributed by atoms with van der Waals surface area (Å²) in [5.41, 5.74) is 1.99. The summed E-state index contributed by atoms with van der Waals surface area (Å²) in [7, 11) is 0. The van der Waals surface area contributed by atoms with Gasteiger partial charge in [0.2, 0.25) is 5.91 Å². The van der Waals surface area contributed by atoms with Crippen LogP contribution in [0.5, 0.6) is 0 Å². The molecule has 0 atom stereocenters. The molecular weight excluding hydrogens is 214 g/mol. The van der Waals surface area contributed by atoms with Crippen molar-refractivity contribution in [2.24, 2.45) is 0 Å². The van der Waals surface area contributed by atoms with Crippen LogP contribution in [0, 0.1) is 0 Å². The standard InChI is InChI=1S/C10H10ClN3O/c11-4-10(15)12-5-7-2-1-3-9-8(7)6-13-14-9/h1-3,6H,4-5H2,(H,12,15)(H,13,14). The molecule has 0 fully saturated rings. The molecular formula is C10H10ClN3O. The summed E-state index contributed by atoms with van der Waals surface area (Å²) in [6.07, 6.45) is 1.75. The van der Waals surface area contributed by atoms with Crippen molar-refractivity contribution >= 4 is 28.4 Å². The maximum Gasteiger partial charge on any atom is 0.235 e. The Morgan fingerprint density at radius 2 is 2.40 bits per heavy atom. The maximum atomic E-state index is 11.0. The van der Waals surface area contributed by atoms with Crippen molar-refractivity contribution in [1.82, 2.24) is 15.5 Å². The largest absolute Gasteiger partial charge is 0.351 e. The number of alkyl halides is 1. The van der Waals surface area contributed by atoms with Gasteiger partial charge in [-0.2, -0.15) is 5.10 Å². The Kier molecular flexibility index (Phi) is 2.87. The first-order chi connectivity index (χ1) is 7.31. The third-order valence-corrected chi connectivity index (χ3v) is 2.42. The van der Waals surface area contributed by atoms with E-state index in [0.29, 0.717) is 6.54 Å². The maximum absolute atomic E-state index is 11.0. The van der Waals surface area contributed by atoms with Gasteiger partial charge in [0, 0.05) is 11.9 Å². The lowest BCUT2D eigenvalue weighted by atomic mass is 10.1. The number of nitrogens with one attached hydrogen (secondary N) is 2. The van der Waals surface area contributed by atoms with Gasteiger partial charge in [-0.1, -0.05) is 12.1 Å². The number of benzene rings is 1. The molecule has 0 unspecified atom stereocenters. The van der Waals surface area contributed by atoms with E-state index in [1.54, 1.807) is 6.20 Å². The topological polar surface area (TPSA) is 57.8 Å². The van der Waals surface area contributed by atoms with E-state index < -0.39 is 0 Å². The predicted octanol–water partition coefficient (Wildman–Crippen LogP) is 1.42. The Morgan fingerprint density at radius 1 is 1.53 bits per heavy atom. The number of nitrogens with zero attached hydrogens (tertiary/aromatic N) is 1. The van der Waals surface area contributed by atoms with Gasteiger partial charge in [-0.15, -0.1) is 11.6 Å². The summed E-state index contributed by atoms with van der Waals surface area (Å²) >= 11 is 5.38. The molecule has 0 spiro atoms. The SMILES string of the molecule is O=C(CCl)NCc1cccc2[nH]ncc12. The van der Waals surface area contributed by atoms with E-state index in [0.717, 1.165) is 16.5 Å². The van der Waals surface area contributed by atoms with E-state index in [-0.39, 0.29) is 11.8 Å². The summed E-state index contributed by atoms with van der Waals surface area (Å²) in [5, 5.41) is 10.6. The number of halogens is 1. The van der Waals surface area contributed by atoms with Gasteiger partial charge in [0.15, 0.2) is 0 Å². The molecule has 0 saturated carbocycles. The molecule has 1 heterocycles. The van der Waals surface area contributed by atoms with Gasteiger partial charge < -0.3 is 5.32 Å². The lowest BCUT2D eigenvalue weighted by molar-refractivity contribution is -0.118. The number of carbonyl (C=O) groups excluding carboxylic acids is 1. The van der Waals surface area contributed by atoms with Crippen molar-refractivity contribution in [3.63, 3.8) is 0 Å². The van der Waals surface area contributed by atoms with Gasteiger partial charge in [0.1, 0.15) is 5.88 Å². The number of aromatic nitrogens is 2. The average Bonchev–Trinajstić information content (AvgIpc) is 2.74. The molecule has 78 valence electrons. The lowest BCUT2D eigenvalue weighted by Gasteiger charge is -2.03. The Hall–Kier alpha value is -1.55. The van der Waals surface area contributed by atoms with Crippen LogP contribution in [-0.2, 0) is 11.3 Å². The van der Waals surface area contributed by atoms with Crippen molar-refractivity contribution in [1.29, 1.82) is 0 Å². The monoisotopic (exact) mass is 223 g/mol. The van der Waals surface area contributed by atoms with Crippen molar-refractivity contribution in [3.05, 3.63) is 30.0 Å². The number of H-pyrrole nitrogens is 1. The van der Waals surface area contributed by atoms with Crippen LogP contribution < -0.4 is 5.32 Å². The molecule has 1 aromatic heterocycles. The van der Waals surface area contributed by atoms with E-state index in [2.05, 4.69) is 15.5 Å². The molecule has 5 heteroatoms. The minimum Gasteiger partial charge on any atom is -0.351 e. The van der Waals surface area contributed by atoms with Gasteiger partial charge >= 0.3 is 0 Å². The first kappa shape index (κ1) is 9.98. The summed E-state index contributed by atoms with van der Waals surface area (Å²) in [5.74, 6) is -0.182. The molecule has 0 aliphatic heterocycles. The molecule has 4 nitrogen and oxygen atoms in total. The highest BCUT2D eigenvalue weighted by Crippen LogP contribution is 2.15. The van der Waals surface area contributed by atoms with Crippen LogP contribution >= 0.6 is 11.6 Å².